The van der Waals surface area contributed by atoms with Crippen molar-refractivity contribution in [2.45, 2.75) is 33.8 Å². The van der Waals surface area contributed by atoms with E-state index >= 15 is 0 Å². The fourth-order valence-corrected chi connectivity index (χ4v) is 1.38. The van der Waals surface area contributed by atoms with Gasteiger partial charge in [-0.25, -0.2) is 9.18 Å². The van der Waals surface area contributed by atoms with Crippen molar-refractivity contribution in [1.82, 2.24) is 0 Å². The normalized spacial score (nSPS) is 12.3. The van der Waals surface area contributed by atoms with Crippen molar-refractivity contribution < 1.29 is 18.7 Å². The molecule has 1 aromatic rings. The first-order valence-electron chi connectivity index (χ1n) is 6.29. The molecule has 0 fully saturated rings. The molecule has 0 saturated heterocycles. The number of halogens is 1. The summed E-state index contributed by atoms with van der Waals surface area (Å²) >= 11 is 0. The Bertz CT molecular complexity index is 460. The second kappa shape index (κ2) is 6.41. The van der Waals surface area contributed by atoms with E-state index in [-0.39, 0.29) is 35.6 Å². The number of nitrogens with two attached hydrogens (primary N) is 1. The summed E-state index contributed by atoms with van der Waals surface area (Å²) < 4.78 is 24.1. The number of carbonyl (C=O) groups is 1. The zero-order chi connectivity index (χ0) is 14.6. The molecule has 4 nitrogen and oxygen atoms in total. The van der Waals surface area contributed by atoms with E-state index in [9.17, 15) is 9.18 Å². The molecule has 0 saturated carbocycles. The van der Waals surface area contributed by atoms with Crippen molar-refractivity contribution in [3.8, 4) is 5.75 Å². The molecule has 0 amide bonds. The third-order valence-electron chi connectivity index (χ3n) is 2.85. The quantitative estimate of drug-likeness (QED) is 0.659. The summed E-state index contributed by atoms with van der Waals surface area (Å²) in [5, 5.41) is 0. The molecule has 0 radical (unpaired) electrons. The van der Waals surface area contributed by atoms with Crippen molar-refractivity contribution in [2.24, 2.45) is 5.92 Å². The van der Waals surface area contributed by atoms with Gasteiger partial charge in [-0.15, -0.1) is 0 Å². The predicted octanol–water partition coefficient (Wildman–Crippen LogP) is 3.01. The number of esters is 1. The molecule has 0 spiro atoms. The van der Waals surface area contributed by atoms with Crippen molar-refractivity contribution in [2.75, 3.05) is 12.3 Å². The summed E-state index contributed by atoms with van der Waals surface area (Å²) in [5.74, 6) is -0.929. The average molecular weight is 269 g/mol. The summed E-state index contributed by atoms with van der Waals surface area (Å²) in [6.07, 6.45) is -0.173. The standard InChI is InChI=1S/C14H20FNO3/c1-5-18-14(17)10-6-13(11(15)7-12(10)16)19-9(4)8(2)3/h6-9H,5,16H2,1-4H3. The highest BCUT2D eigenvalue weighted by atomic mass is 19.1. The number of ether oxygens (including phenoxy) is 2. The SMILES string of the molecule is CCOC(=O)c1cc(OC(C)C(C)C)c(F)cc1N. The fraction of sp³-hybridized carbons (Fsp3) is 0.500. The number of carbonyl (C=O) groups excluding carboxylic acids is 1. The summed E-state index contributed by atoms with van der Waals surface area (Å²) in [7, 11) is 0. The molecule has 1 unspecified atom stereocenters. The number of hydrogen-bond acceptors (Lipinski definition) is 4. The van der Waals surface area contributed by atoms with Gasteiger partial charge in [-0.3, -0.25) is 0 Å². The van der Waals surface area contributed by atoms with Crippen LogP contribution in [0.2, 0.25) is 0 Å². The second-order valence-corrected chi connectivity index (χ2v) is 4.66. The molecule has 1 aromatic carbocycles. The van der Waals surface area contributed by atoms with E-state index in [1.165, 1.54) is 6.07 Å². The Balaban J connectivity index is 3.06. The van der Waals surface area contributed by atoms with E-state index in [4.69, 9.17) is 15.2 Å². The number of nitrogen functional groups attached to an aromatic ring is 1. The van der Waals surface area contributed by atoms with Gasteiger partial charge in [-0.1, -0.05) is 13.8 Å². The lowest BCUT2D eigenvalue weighted by molar-refractivity contribution is 0.0526. The van der Waals surface area contributed by atoms with Crippen molar-refractivity contribution in [3.05, 3.63) is 23.5 Å². The first-order chi connectivity index (χ1) is 8.86. The van der Waals surface area contributed by atoms with Crippen LogP contribution in [-0.2, 0) is 4.74 Å². The van der Waals surface area contributed by atoms with Crippen LogP contribution in [-0.4, -0.2) is 18.7 Å². The monoisotopic (exact) mass is 269 g/mol. The second-order valence-electron chi connectivity index (χ2n) is 4.66. The summed E-state index contributed by atoms with van der Waals surface area (Å²) in [6.45, 7) is 7.69. The minimum atomic E-state index is -0.585. The van der Waals surface area contributed by atoms with Gasteiger partial charge in [0.05, 0.1) is 18.3 Å². The summed E-state index contributed by atoms with van der Waals surface area (Å²) in [5.41, 5.74) is 5.78. The van der Waals surface area contributed by atoms with E-state index in [0.29, 0.717) is 0 Å². The van der Waals surface area contributed by atoms with Crippen molar-refractivity contribution in [3.63, 3.8) is 0 Å². The fourth-order valence-electron chi connectivity index (χ4n) is 1.38. The number of hydrogen-bond donors (Lipinski definition) is 1. The smallest absolute Gasteiger partial charge is 0.340 e. The highest BCUT2D eigenvalue weighted by Gasteiger charge is 2.18. The van der Waals surface area contributed by atoms with Crippen LogP contribution in [0.15, 0.2) is 12.1 Å². The Labute approximate surface area is 112 Å². The lowest BCUT2D eigenvalue weighted by atomic mass is 10.1. The van der Waals surface area contributed by atoms with Gasteiger partial charge in [-0.2, -0.15) is 0 Å². The van der Waals surface area contributed by atoms with Crippen LogP contribution in [0.5, 0.6) is 5.75 Å². The van der Waals surface area contributed by atoms with E-state index in [0.717, 1.165) is 6.07 Å². The Hall–Kier alpha value is -1.78. The van der Waals surface area contributed by atoms with Gasteiger partial charge in [0.2, 0.25) is 0 Å². The zero-order valence-electron chi connectivity index (χ0n) is 11.7. The highest BCUT2D eigenvalue weighted by Crippen LogP contribution is 2.26. The van der Waals surface area contributed by atoms with Crippen LogP contribution < -0.4 is 10.5 Å². The van der Waals surface area contributed by atoms with Crippen molar-refractivity contribution >= 4 is 11.7 Å². The lowest BCUT2D eigenvalue weighted by Crippen LogP contribution is -2.20. The Kier molecular flexibility index (Phi) is 5.15. The van der Waals surface area contributed by atoms with Gasteiger partial charge in [0.25, 0.3) is 0 Å². The van der Waals surface area contributed by atoms with Crippen LogP contribution in [0.3, 0.4) is 0 Å². The van der Waals surface area contributed by atoms with Gasteiger partial charge in [0.1, 0.15) is 0 Å². The maximum Gasteiger partial charge on any atom is 0.340 e. The Morgan fingerprint density at radius 1 is 1.37 bits per heavy atom. The number of rotatable bonds is 5. The third kappa shape index (κ3) is 3.84. The minimum absolute atomic E-state index is 0.0125. The third-order valence-corrected chi connectivity index (χ3v) is 2.85. The van der Waals surface area contributed by atoms with E-state index in [2.05, 4.69) is 0 Å². The van der Waals surface area contributed by atoms with Gasteiger partial charge in [0, 0.05) is 11.8 Å². The molecule has 1 atom stereocenters. The number of anilines is 1. The Morgan fingerprint density at radius 2 is 2.00 bits per heavy atom. The van der Waals surface area contributed by atoms with E-state index in [1.807, 2.05) is 20.8 Å². The molecule has 0 aromatic heterocycles. The molecule has 106 valence electrons. The summed E-state index contributed by atoms with van der Waals surface area (Å²) in [4.78, 5) is 11.7. The average Bonchev–Trinajstić information content (AvgIpc) is 2.32. The molecular formula is C14H20FNO3. The summed E-state index contributed by atoms with van der Waals surface area (Å²) in [6, 6.07) is 2.37. The first-order valence-corrected chi connectivity index (χ1v) is 6.29. The molecule has 0 bridgehead atoms. The minimum Gasteiger partial charge on any atom is -0.487 e. The van der Waals surface area contributed by atoms with Gasteiger partial charge < -0.3 is 15.2 Å². The molecule has 2 N–H and O–H groups in total. The lowest BCUT2D eigenvalue weighted by Gasteiger charge is -2.19. The Morgan fingerprint density at radius 3 is 2.53 bits per heavy atom. The first kappa shape index (κ1) is 15.3. The van der Waals surface area contributed by atoms with Crippen LogP contribution in [0.25, 0.3) is 0 Å². The van der Waals surface area contributed by atoms with Gasteiger partial charge >= 0.3 is 5.97 Å². The molecule has 5 heteroatoms. The van der Waals surface area contributed by atoms with E-state index < -0.39 is 11.8 Å². The molecule has 19 heavy (non-hydrogen) atoms. The maximum atomic E-state index is 13.7. The largest absolute Gasteiger partial charge is 0.487 e. The molecule has 1 rings (SSSR count). The maximum absolute atomic E-state index is 13.7. The topological polar surface area (TPSA) is 61.5 Å². The molecule has 0 aliphatic heterocycles. The molecule has 0 aliphatic carbocycles. The van der Waals surface area contributed by atoms with Crippen LogP contribution in [0.4, 0.5) is 10.1 Å². The van der Waals surface area contributed by atoms with Crippen LogP contribution in [0, 0.1) is 11.7 Å². The van der Waals surface area contributed by atoms with Gasteiger partial charge in [-0.05, 0) is 25.8 Å². The van der Waals surface area contributed by atoms with Crippen LogP contribution in [0.1, 0.15) is 38.1 Å². The number of benzene rings is 1. The molecule has 0 heterocycles. The zero-order valence-corrected chi connectivity index (χ0v) is 11.7. The van der Waals surface area contributed by atoms with E-state index in [1.54, 1.807) is 6.92 Å². The van der Waals surface area contributed by atoms with Gasteiger partial charge in [0.15, 0.2) is 11.6 Å². The van der Waals surface area contributed by atoms with Crippen LogP contribution >= 0.6 is 0 Å². The molecule has 0 aliphatic rings. The van der Waals surface area contributed by atoms with Crippen molar-refractivity contribution in [1.29, 1.82) is 0 Å². The predicted molar refractivity (Wildman–Crippen MR) is 71.7 cm³/mol. The highest BCUT2D eigenvalue weighted by molar-refractivity contribution is 5.95. The molecular weight excluding hydrogens is 249 g/mol.